The Labute approximate surface area is 105 Å². The lowest BCUT2D eigenvalue weighted by molar-refractivity contribution is -0.345. The van der Waals surface area contributed by atoms with E-state index in [4.69, 9.17) is 39.2 Å². The van der Waals surface area contributed by atoms with E-state index in [0.717, 1.165) is 5.39 Å². The highest BCUT2D eigenvalue weighted by Crippen LogP contribution is 2.31. The normalized spacial score (nSPS) is 11.4. The summed E-state index contributed by atoms with van der Waals surface area (Å²) >= 11 is 17.6. The standard InChI is InChI=1S/C10H3Cl3N2O/c11-4-1-2-6-5(3-4)7-8(16-6)9(12)15-10(13)14-7/h1-3H/p+1. The largest absolute Gasteiger partial charge is 0.446 e. The molecule has 80 valence electrons. The highest BCUT2D eigenvalue weighted by atomic mass is 35.5. The van der Waals surface area contributed by atoms with Gasteiger partial charge in [-0.15, -0.1) is 0 Å². The third-order valence-electron chi connectivity index (χ3n) is 2.26. The van der Waals surface area contributed by atoms with E-state index in [2.05, 4.69) is 9.97 Å². The molecule has 3 nitrogen and oxygen atoms in total. The van der Waals surface area contributed by atoms with Gasteiger partial charge in [0.25, 0.3) is 5.15 Å². The van der Waals surface area contributed by atoms with Crippen LogP contribution in [0.25, 0.3) is 22.1 Å². The van der Waals surface area contributed by atoms with Crippen molar-refractivity contribution in [3.05, 3.63) is 33.7 Å². The minimum Gasteiger partial charge on any atom is -0.446 e. The van der Waals surface area contributed by atoms with Gasteiger partial charge in [-0.2, -0.15) is 0 Å². The highest BCUT2D eigenvalue weighted by Gasteiger charge is 2.19. The van der Waals surface area contributed by atoms with Gasteiger partial charge in [-0.1, -0.05) is 11.6 Å². The Balaban J connectivity index is 2.57. The van der Waals surface area contributed by atoms with Crippen molar-refractivity contribution in [2.45, 2.75) is 0 Å². The summed E-state index contributed by atoms with van der Waals surface area (Å²) in [7, 11) is 0. The molecule has 0 saturated carbocycles. The Morgan fingerprint density at radius 2 is 2.00 bits per heavy atom. The van der Waals surface area contributed by atoms with Crippen molar-refractivity contribution in [1.82, 2.24) is 4.98 Å². The van der Waals surface area contributed by atoms with E-state index >= 15 is 0 Å². The molecule has 6 heteroatoms. The molecule has 1 aromatic carbocycles. The molecule has 1 N–H and O–H groups in total. The topological polar surface area (TPSA) is 40.2 Å². The van der Waals surface area contributed by atoms with Crippen LogP contribution >= 0.6 is 34.8 Å². The molecule has 3 rings (SSSR count). The summed E-state index contributed by atoms with van der Waals surface area (Å²) in [6, 6.07) is 5.30. The highest BCUT2D eigenvalue weighted by molar-refractivity contribution is 6.35. The fraction of sp³-hybridized carbons (Fsp3) is 0. The second kappa shape index (κ2) is 3.48. The summed E-state index contributed by atoms with van der Waals surface area (Å²) in [5.41, 5.74) is 1.85. The van der Waals surface area contributed by atoms with Crippen molar-refractivity contribution in [2.24, 2.45) is 0 Å². The Hall–Kier alpha value is -1.03. The van der Waals surface area contributed by atoms with E-state index in [1.165, 1.54) is 0 Å². The summed E-state index contributed by atoms with van der Waals surface area (Å²) in [6.45, 7) is 0. The van der Waals surface area contributed by atoms with Gasteiger partial charge in [0.05, 0.1) is 5.39 Å². The molecule has 0 aliphatic rings. The first-order chi connectivity index (χ1) is 7.65. The van der Waals surface area contributed by atoms with Gasteiger partial charge in [0.1, 0.15) is 5.58 Å². The van der Waals surface area contributed by atoms with Gasteiger partial charge in [-0.05, 0) is 34.8 Å². The Bertz CT molecular complexity index is 708. The van der Waals surface area contributed by atoms with E-state index in [9.17, 15) is 0 Å². The van der Waals surface area contributed by atoms with Crippen molar-refractivity contribution in [3.8, 4) is 0 Å². The van der Waals surface area contributed by atoms with Crippen LogP contribution < -0.4 is 4.98 Å². The molecular weight excluding hydrogens is 270 g/mol. The predicted octanol–water partition coefficient (Wildman–Crippen LogP) is 3.76. The van der Waals surface area contributed by atoms with E-state index < -0.39 is 0 Å². The summed E-state index contributed by atoms with van der Waals surface area (Å²) in [5, 5.41) is 1.88. The van der Waals surface area contributed by atoms with Crippen LogP contribution in [0.5, 0.6) is 0 Å². The van der Waals surface area contributed by atoms with E-state index in [0.29, 0.717) is 21.7 Å². The molecule has 0 fully saturated rings. The average molecular weight is 275 g/mol. The fourth-order valence-electron chi connectivity index (χ4n) is 1.61. The number of aromatic amines is 1. The zero-order valence-corrected chi connectivity index (χ0v) is 9.99. The summed E-state index contributed by atoms with van der Waals surface area (Å²) in [4.78, 5) is 6.77. The number of H-pyrrole nitrogens is 1. The average Bonchev–Trinajstić information content (AvgIpc) is 2.57. The van der Waals surface area contributed by atoms with Gasteiger partial charge in [-0.3, -0.25) is 0 Å². The van der Waals surface area contributed by atoms with Crippen LogP contribution in [0.15, 0.2) is 22.6 Å². The molecule has 0 amide bonds. The fourth-order valence-corrected chi connectivity index (χ4v) is 2.22. The molecule has 0 bridgehead atoms. The summed E-state index contributed by atoms with van der Waals surface area (Å²) < 4.78 is 5.55. The first-order valence-electron chi connectivity index (χ1n) is 4.41. The third kappa shape index (κ3) is 1.44. The monoisotopic (exact) mass is 273 g/mol. The molecule has 0 spiro atoms. The number of hydrogen-bond donors (Lipinski definition) is 0. The minimum absolute atomic E-state index is 0.208. The molecule has 0 aliphatic carbocycles. The molecule has 2 aromatic heterocycles. The first-order valence-corrected chi connectivity index (χ1v) is 5.54. The molecule has 0 unspecified atom stereocenters. The SMILES string of the molecule is Clc1ccc2oc3c(Cl)nc(Cl)[nH+]c3c2c1. The number of nitrogens with one attached hydrogen (secondary N) is 1. The van der Waals surface area contributed by atoms with Gasteiger partial charge < -0.3 is 4.42 Å². The number of fused-ring (bicyclic) bond motifs is 3. The molecule has 0 saturated heterocycles. The Morgan fingerprint density at radius 1 is 1.19 bits per heavy atom. The van der Waals surface area contributed by atoms with Crippen LogP contribution in [0.1, 0.15) is 0 Å². The van der Waals surface area contributed by atoms with Crippen LogP contribution in [-0.2, 0) is 0 Å². The molecule has 3 aromatic rings. The number of furan rings is 1. The van der Waals surface area contributed by atoms with Gasteiger partial charge in [0, 0.05) is 16.6 Å². The molecule has 0 atom stereocenters. The summed E-state index contributed by atoms with van der Waals surface area (Å²) in [6.07, 6.45) is 0. The van der Waals surface area contributed by atoms with Gasteiger partial charge in [0.2, 0.25) is 5.58 Å². The predicted molar refractivity (Wildman–Crippen MR) is 63.1 cm³/mol. The minimum atomic E-state index is 0.208. The number of benzene rings is 1. The lowest BCUT2D eigenvalue weighted by atomic mass is 10.2. The molecule has 2 heterocycles. The van der Waals surface area contributed by atoms with Crippen LogP contribution in [0.3, 0.4) is 0 Å². The second-order valence-corrected chi connectivity index (χ2v) is 4.42. The van der Waals surface area contributed by atoms with Gasteiger partial charge in [0.15, 0.2) is 5.52 Å². The maximum absolute atomic E-state index is 5.93. The van der Waals surface area contributed by atoms with E-state index in [1.807, 2.05) is 0 Å². The summed E-state index contributed by atoms with van der Waals surface area (Å²) in [5.74, 6) is 0. The zero-order valence-electron chi connectivity index (χ0n) is 7.72. The number of hydrogen-bond acceptors (Lipinski definition) is 2. The quantitative estimate of drug-likeness (QED) is 0.462. The van der Waals surface area contributed by atoms with Crippen molar-refractivity contribution in [2.75, 3.05) is 0 Å². The third-order valence-corrected chi connectivity index (χ3v) is 2.93. The van der Waals surface area contributed by atoms with Crippen molar-refractivity contribution >= 4 is 56.9 Å². The van der Waals surface area contributed by atoms with Crippen LogP contribution in [0.2, 0.25) is 15.5 Å². The molecular formula is C10H4Cl3N2O+. The van der Waals surface area contributed by atoms with Crippen molar-refractivity contribution < 1.29 is 9.40 Å². The Kier molecular flexibility index (Phi) is 2.21. The lowest BCUT2D eigenvalue weighted by Gasteiger charge is -1.87. The maximum atomic E-state index is 5.93. The number of rotatable bonds is 0. The van der Waals surface area contributed by atoms with Gasteiger partial charge >= 0.3 is 5.28 Å². The van der Waals surface area contributed by atoms with Crippen LogP contribution in [0.4, 0.5) is 0 Å². The number of nitrogens with zero attached hydrogens (tertiary/aromatic N) is 1. The van der Waals surface area contributed by atoms with Gasteiger partial charge in [-0.25, -0.2) is 4.98 Å². The van der Waals surface area contributed by atoms with Crippen LogP contribution in [-0.4, -0.2) is 4.98 Å². The molecule has 0 radical (unpaired) electrons. The van der Waals surface area contributed by atoms with Crippen LogP contribution in [0, 0.1) is 0 Å². The van der Waals surface area contributed by atoms with E-state index in [1.54, 1.807) is 18.2 Å². The second-order valence-electron chi connectivity index (χ2n) is 3.27. The maximum Gasteiger partial charge on any atom is 0.396 e. The lowest BCUT2D eigenvalue weighted by Crippen LogP contribution is -2.06. The molecule has 16 heavy (non-hydrogen) atoms. The van der Waals surface area contributed by atoms with Crippen molar-refractivity contribution in [1.29, 1.82) is 0 Å². The van der Waals surface area contributed by atoms with E-state index in [-0.39, 0.29) is 10.4 Å². The Morgan fingerprint density at radius 3 is 2.81 bits per heavy atom. The molecule has 0 aliphatic heterocycles. The number of halogens is 3. The first kappa shape index (κ1) is 10.1. The smallest absolute Gasteiger partial charge is 0.396 e. The zero-order chi connectivity index (χ0) is 11.3. The van der Waals surface area contributed by atoms with Crippen molar-refractivity contribution in [3.63, 3.8) is 0 Å². The number of aromatic nitrogens is 2.